The second-order valence-corrected chi connectivity index (χ2v) is 4.15. The standard InChI is InChI=1S/C11H11N2OSe/c14-10-8-12-11(15)13(10)7-6-9-4-2-1-3-5-9/h1-5H,6-8H2. The maximum absolute atomic E-state index is 11.4. The number of rotatable bonds is 3. The molecule has 15 heavy (non-hydrogen) atoms. The van der Waals surface area contributed by atoms with E-state index < -0.39 is 0 Å². The first-order valence-corrected chi connectivity index (χ1v) is 5.69. The van der Waals surface area contributed by atoms with Crippen LogP contribution in [0.4, 0.5) is 0 Å². The van der Waals surface area contributed by atoms with Crippen molar-refractivity contribution in [2.75, 3.05) is 13.1 Å². The van der Waals surface area contributed by atoms with Crippen LogP contribution in [-0.2, 0) is 11.2 Å². The summed E-state index contributed by atoms with van der Waals surface area (Å²) in [6.45, 7) is 0.992. The number of carbonyl (C=O) groups is 1. The van der Waals surface area contributed by atoms with Gasteiger partial charge in [-0.15, -0.1) is 0 Å². The van der Waals surface area contributed by atoms with Gasteiger partial charge in [-0.25, -0.2) is 0 Å². The van der Waals surface area contributed by atoms with Gasteiger partial charge in [0.05, 0.1) is 0 Å². The maximum atomic E-state index is 11.4. The Bertz CT molecular complexity index is 389. The van der Waals surface area contributed by atoms with Crippen LogP contribution in [0.5, 0.6) is 0 Å². The van der Waals surface area contributed by atoms with Crippen molar-refractivity contribution in [1.29, 1.82) is 0 Å². The van der Waals surface area contributed by atoms with Crippen molar-refractivity contribution in [3.63, 3.8) is 0 Å². The molecule has 0 saturated heterocycles. The van der Waals surface area contributed by atoms with Gasteiger partial charge in [0.15, 0.2) is 0 Å². The average molecular weight is 266 g/mol. The fraction of sp³-hybridized carbons (Fsp3) is 0.273. The van der Waals surface area contributed by atoms with E-state index in [2.05, 4.69) is 33.1 Å². The molecule has 0 bridgehead atoms. The van der Waals surface area contributed by atoms with Crippen molar-refractivity contribution >= 4 is 26.7 Å². The number of carbonyl (C=O) groups excluding carboxylic acids is 1. The molecule has 0 N–H and O–H groups in total. The zero-order valence-corrected chi connectivity index (χ0v) is 9.93. The van der Waals surface area contributed by atoms with Gasteiger partial charge in [0.1, 0.15) is 0 Å². The van der Waals surface area contributed by atoms with Crippen LogP contribution >= 0.6 is 0 Å². The molecular weight excluding hydrogens is 255 g/mol. The van der Waals surface area contributed by atoms with Crippen molar-refractivity contribution in [3.8, 4) is 0 Å². The molecule has 0 aliphatic carbocycles. The Morgan fingerprint density at radius 2 is 2.07 bits per heavy atom. The molecule has 1 amide bonds. The number of nitrogens with zero attached hydrogens (tertiary/aromatic N) is 2. The Hall–Kier alpha value is -1.12. The summed E-state index contributed by atoms with van der Waals surface area (Å²) in [4.78, 5) is 17.1. The number of benzene rings is 1. The molecule has 1 aliphatic heterocycles. The molecule has 2 rings (SSSR count). The molecule has 0 spiro atoms. The van der Waals surface area contributed by atoms with Crippen LogP contribution in [0.25, 0.3) is 0 Å². The van der Waals surface area contributed by atoms with Crippen molar-refractivity contribution < 1.29 is 4.79 Å². The Morgan fingerprint density at radius 1 is 1.33 bits per heavy atom. The molecule has 1 heterocycles. The molecule has 0 saturated carbocycles. The first kappa shape index (κ1) is 10.4. The number of hydrogen-bond donors (Lipinski definition) is 0. The van der Waals surface area contributed by atoms with Crippen LogP contribution in [0.2, 0.25) is 0 Å². The normalized spacial score (nSPS) is 15.6. The van der Waals surface area contributed by atoms with Gasteiger partial charge in [-0.3, -0.25) is 0 Å². The summed E-state index contributed by atoms with van der Waals surface area (Å²) >= 11 is 2.81. The average Bonchev–Trinajstić information content (AvgIpc) is 2.58. The Morgan fingerprint density at radius 3 is 2.67 bits per heavy atom. The fourth-order valence-electron chi connectivity index (χ4n) is 1.52. The van der Waals surface area contributed by atoms with E-state index >= 15 is 0 Å². The summed E-state index contributed by atoms with van der Waals surface area (Å²) in [6, 6.07) is 10.1. The first-order valence-electron chi connectivity index (χ1n) is 4.83. The van der Waals surface area contributed by atoms with Crippen molar-refractivity contribution in [1.82, 2.24) is 4.90 Å². The summed E-state index contributed by atoms with van der Waals surface area (Å²) < 4.78 is 0.718. The van der Waals surface area contributed by atoms with E-state index in [0.717, 1.165) is 11.2 Å². The third-order valence-electron chi connectivity index (χ3n) is 2.35. The summed E-state index contributed by atoms with van der Waals surface area (Å²) in [5, 5.41) is 0. The third kappa shape index (κ3) is 2.46. The minimum absolute atomic E-state index is 0.0830. The molecule has 0 unspecified atom stereocenters. The minimum atomic E-state index is 0.0830. The van der Waals surface area contributed by atoms with Gasteiger partial charge < -0.3 is 0 Å². The monoisotopic (exact) mass is 267 g/mol. The van der Waals surface area contributed by atoms with Crippen LogP contribution in [-0.4, -0.2) is 44.6 Å². The third-order valence-corrected chi connectivity index (χ3v) is 3.08. The van der Waals surface area contributed by atoms with Gasteiger partial charge in [0, 0.05) is 0 Å². The quantitative estimate of drug-likeness (QED) is 0.737. The van der Waals surface area contributed by atoms with E-state index in [1.54, 1.807) is 4.90 Å². The second-order valence-electron chi connectivity index (χ2n) is 3.38. The SMILES string of the molecule is O=C1CN=C([Se])N1CCc1ccccc1. The van der Waals surface area contributed by atoms with Gasteiger partial charge in [-0.2, -0.15) is 0 Å². The van der Waals surface area contributed by atoms with Crippen LogP contribution < -0.4 is 0 Å². The molecule has 77 valence electrons. The predicted molar refractivity (Wildman–Crippen MR) is 59.9 cm³/mol. The van der Waals surface area contributed by atoms with Gasteiger partial charge in [-0.1, -0.05) is 0 Å². The van der Waals surface area contributed by atoms with Crippen LogP contribution in [0, 0.1) is 0 Å². The summed E-state index contributed by atoms with van der Waals surface area (Å²) in [6.07, 6.45) is 0.868. The Labute approximate surface area is 97.0 Å². The molecule has 0 fully saturated rings. The van der Waals surface area contributed by atoms with Gasteiger partial charge in [0.25, 0.3) is 0 Å². The van der Waals surface area contributed by atoms with E-state index in [0.29, 0.717) is 6.54 Å². The number of aliphatic imine (C=N–C) groups is 1. The molecule has 1 aromatic rings. The molecule has 1 aliphatic rings. The zero-order chi connectivity index (χ0) is 10.7. The number of amides is 1. The Kier molecular flexibility index (Phi) is 3.19. The molecule has 3 nitrogen and oxygen atoms in total. The molecular formula is C11H11N2OSe. The van der Waals surface area contributed by atoms with E-state index in [4.69, 9.17) is 0 Å². The van der Waals surface area contributed by atoms with Crippen LogP contribution in [0.3, 0.4) is 0 Å². The summed E-state index contributed by atoms with van der Waals surface area (Å²) in [5.41, 5.74) is 1.24. The van der Waals surface area contributed by atoms with E-state index in [1.807, 2.05) is 18.2 Å². The van der Waals surface area contributed by atoms with Crippen molar-refractivity contribution in [2.24, 2.45) is 4.99 Å². The molecule has 1 aromatic carbocycles. The fourth-order valence-corrected chi connectivity index (χ4v) is 2.06. The topological polar surface area (TPSA) is 32.7 Å². The van der Waals surface area contributed by atoms with E-state index in [1.165, 1.54) is 5.56 Å². The van der Waals surface area contributed by atoms with Crippen molar-refractivity contribution in [3.05, 3.63) is 35.9 Å². The van der Waals surface area contributed by atoms with E-state index in [9.17, 15) is 4.79 Å². The predicted octanol–water partition coefficient (Wildman–Crippen LogP) is 0.596. The first-order chi connectivity index (χ1) is 7.27. The molecule has 1 radical (unpaired) electrons. The zero-order valence-electron chi connectivity index (χ0n) is 8.22. The molecule has 0 aromatic heterocycles. The molecule has 4 heteroatoms. The van der Waals surface area contributed by atoms with Gasteiger partial charge in [0.2, 0.25) is 0 Å². The van der Waals surface area contributed by atoms with Crippen LogP contribution in [0.15, 0.2) is 35.3 Å². The van der Waals surface area contributed by atoms with E-state index in [-0.39, 0.29) is 12.5 Å². The second kappa shape index (κ2) is 4.60. The summed E-state index contributed by atoms with van der Waals surface area (Å²) in [7, 11) is 0. The molecule has 0 atom stereocenters. The number of amidine groups is 1. The number of hydrogen-bond acceptors (Lipinski definition) is 2. The Balaban J connectivity index is 1.94. The summed E-state index contributed by atoms with van der Waals surface area (Å²) in [5.74, 6) is 0.0830. The van der Waals surface area contributed by atoms with Gasteiger partial charge in [-0.05, 0) is 0 Å². The van der Waals surface area contributed by atoms with Crippen molar-refractivity contribution in [2.45, 2.75) is 6.42 Å². The van der Waals surface area contributed by atoms with Gasteiger partial charge >= 0.3 is 96.7 Å². The van der Waals surface area contributed by atoms with Crippen LogP contribution in [0.1, 0.15) is 5.56 Å².